The fourth-order valence-corrected chi connectivity index (χ4v) is 3.89. The van der Waals surface area contributed by atoms with E-state index in [-0.39, 0.29) is 24.7 Å². The number of hydrogen-bond donors (Lipinski definition) is 1. The zero-order valence-electron chi connectivity index (χ0n) is 16.0. The molecule has 0 unspecified atom stereocenters. The Balaban J connectivity index is 1.87. The van der Waals surface area contributed by atoms with Crippen molar-refractivity contribution >= 4 is 56.5 Å². The van der Waals surface area contributed by atoms with E-state index < -0.39 is 17.8 Å². The molecule has 2 aromatic carbocycles. The number of esters is 2. The summed E-state index contributed by atoms with van der Waals surface area (Å²) in [6, 6.07) is 12.0. The van der Waals surface area contributed by atoms with Gasteiger partial charge >= 0.3 is 11.9 Å². The second-order valence-electron chi connectivity index (χ2n) is 6.10. The largest absolute Gasteiger partial charge is 0.460 e. The van der Waals surface area contributed by atoms with Crippen molar-refractivity contribution in [3.05, 3.63) is 63.8 Å². The number of carbonyl (C=O) groups is 3. The SMILES string of the molecule is CCOC(=O)c1oc2ccc(Br)cc2c1COC(=O)c1ccccc1SCC(N)=O. The first-order chi connectivity index (χ1) is 14.4. The summed E-state index contributed by atoms with van der Waals surface area (Å²) < 4.78 is 17.0. The van der Waals surface area contributed by atoms with E-state index in [9.17, 15) is 14.4 Å². The molecule has 0 aliphatic heterocycles. The molecule has 0 aliphatic rings. The van der Waals surface area contributed by atoms with Gasteiger partial charge in [-0.15, -0.1) is 11.8 Å². The maximum Gasteiger partial charge on any atom is 0.374 e. The fraction of sp³-hybridized carbons (Fsp3) is 0.190. The number of benzene rings is 2. The van der Waals surface area contributed by atoms with Crippen LogP contribution >= 0.6 is 27.7 Å². The Labute approximate surface area is 185 Å². The Kier molecular flexibility index (Phi) is 7.17. The summed E-state index contributed by atoms with van der Waals surface area (Å²) in [7, 11) is 0. The second kappa shape index (κ2) is 9.82. The summed E-state index contributed by atoms with van der Waals surface area (Å²) in [5.74, 6) is -1.68. The van der Waals surface area contributed by atoms with E-state index in [2.05, 4.69) is 15.9 Å². The summed E-state index contributed by atoms with van der Waals surface area (Å²) in [6.07, 6.45) is 0. The smallest absolute Gasteiger partial charge is 0.374 e. The molecule has 1 aromatic heterocycles. The van der Waals surface area contributed by atoms with Crippen molar-refractivity contribution in [3.8, 4) is 0 Å². The summed E-state index contributed by atoms with van der Waals surface area (Å²) in [4.78, 5) is 36.7. The molecule has 3 rings (SSSR count). The van der Waals surface area contributed by atoms with Crippen molar-refractivity contribution in [3.63, 3.8) is 0 Å². The first-order valence-electron chi connectivity index (χ1n) is 8.96. The minimum absolute atomic E-state index is 0.00543. The van der Waals surface area contributed by atoms with Crippen molar-refractivity contribution in [1.82, 2.24) is 0 Å². The minimum atomic E-state index is -0.631. The molecule has 7 nitrogen and oxygen atoms in total. The average Bonchev–Trinajstić information content (AvgIpc) is 3.08. The van der Waals surface area contributed by atoms with Crippen molar-refractivity contribution in [2.75, 3.05) is 12.4 Å². The van der Waals surface area contributed by atoms with E-state index in [1.54, 1.807) is 49.4 Å². The molecule has 2 N–H and O–H groups in total. The molecule has 9 heteroatoms. The Bertz CT molecular complexity index is 1110. The van der Waals surface area contributed by atoms with Gasteiger partial charge in [0.15, 0.2) is 0 Å². The third-order valence-electron chi connectivity index (χ3n) is 4.04. The summed E-state index contributed by atoms with van der Waals surface area (Å²) in [6.45, 7) is 1.69. The average molecular weight is 492 g/mol. The van der Waals surface area contributed by atoms with Crippen LogP contribution in [0.4, 0.5) is 0 Å². The van der Waals surface area contributed by atoms with Crippen molar-refractivity contribution in [1.29, 1.82) is 0 Å². The molecule has 0 radical (unpaired) electrons. The molecule has 1 amide bonds. The van der Waals surface area contributed by atoms with Crippen LogP contribution in [0.25, 0.3) is 11.0 Å². The van der Waals surface area contributed by atoms with E-state index in [4.69, 9.17) is 19.6 Å². The zero-order chi connectivity index (χ0) is 21.7. The van der Waals surface area contributed by atoms with E-state index in [1.807, 2.05) is 0 Å². The number of carbonyl (C=O) groups excluding carboxylic acids is 3. The second-order valence-corrected chi connectivity index (χ2v) is 8.03. The van der Waals surface area contributed by atoms with Crippen LogP contribution in [0.3, 0.4) is 0 Å². The monoisotopic (exact) mass is 491 g/mol. The minimum Gasteiger partial charge on any atom is -0.460 e. The topological polar surface area (TPSA) is 109 Å². The van der Waals surface area contributed by atoms with Crippen LogP contribution < -0.4 is 5.73 Å². The van der Waals surface area contributed by atoms with Crippen LogP contribution in [-0.2, 0) is 20.9 Å². The lowest BCUT2D eigenvalue weighted by Gasteiger charge is -2.09. The number of thioether (sulfide) groups is 1. The van der Waals surface area contributed by atoms with Crippen molar-refractivity contribution < 1.29 is 28.3 Å². The van der Waals surface area contributed by atoms with Crippen LogP contribution in [0, 0.1) is 0 Å². The highest BCUT2D eigenvalue weighted by atomic mass is 79.9. The molecule has 1 heterocycles. The number of ether oxygens (including phenoxy) is 2. The maximum absolute atomic E-state index is 12.7. The number of amides is 1. The molecular weight excluding hydrogens is 474 g/mol. The molecule has 0 saturated carbocycles. The molecular formula is C21H18BrNO6S. The van der Waals surface area contributed by atoms with Gasteiger partial charge in [-0.25, -0.2) is 9.59 Å². The molecule has 30 heavy (non-hydrogen) atoms. The third kappa shape index (κ3) is 5.03. The normalized spacial score (nSPS) is 10.7. The lowest BCUT2D eigenvalue weighted by Crippen LogP contribution is -2.14. The first kappa shape index (κ1) is 21.9. The third-order valence-corrected chi connectivity index (χ3v) is 5.63. The van der Waals surface area contributed by atoms with Crippen molar-refractivity contribution in [2.45, 2.75) is 18.4 Å². The number of fused-ring (bicyclic) bond motifs is 1. The van der Waals surface area contributed by atoms with Gasteiger partial charge in [-0.3, -0.25) is 4.79 Å². The highest BCUT2D eigenvalue weighted by Gasteiger charge is 2.24. The molecule has 0 aliphatic carbocycles. The van der Waals surface area contributed by atoms with Gasteiger partial charge in [0.25, 0.3) is 0 Å². The lowest BCUT2D eigenvalue weighted by atomic mass is 10.1. The molecule has 0 saturated heterocycles. The van der Waals surface area contributed by atoms with Gasteiger partial charge in [-0.1, -0.05) is 28.1 Å². The number of rotatable bonds is 8. The van der Waals surface area contributed by atoms with Gasteiger partial charge in [0.1, 0.15) is 12.2 Å². The van der Waals surface area contributed by atoms with Crippen LogP contribution in [0.15, 0.2) is 56.2 Å². The summed E-state index contributed by atoms with van der Waals surface area (Å²) in [5.41, 5.74) is 6.38. The Morgan fingerprint density at radius 2 is 1.87 bits per heavy atom. The van der Waals surface area contributed by atoms with E-state index in [0.29, 0.717) is 27.0 Å². The van der Waals surface area contributed by atoms with Gasteiger partial charge in [0.2, 0.25) is 11.7 Å². The van der Waals surface area contributed by atoms with Crippen LogP contribution in [0.2, 0.25) is 0 Å². The van der Waals surface area contributed by atoms with Crippen molar-refractivity contribution in [2.24, 2.45) is 5.73 Å². The summed E-state index contributed by atoms with van der Waals surface area (Å²) in [5, 5.41) is 0.636. The highest BCUT2D eigenvalue weighted by molar-refractivity contribution is 9.10. The molecule has 0 bridgehead atoms. The first-order valence-corrected chi connectivity index (χ1v) is 10.7. The van der Waals surface area contributed by atoms with E-state index in [0.717, 1.165) is 16.2 Å². The van der Waals surface area contributed by atoms with Gasteiger partial charge in [-0.05, 0) is 37.3 Å². The van der Waals surface area contributed by atoms with Crippen LogP contribution in [-0.4, -0.2) is 30.2 Å². The Hall–Kier alpha value is -2.78. The zero-order valence-corrected chi connectivity index (χ0v) is 18.4. The number of halogens is 1. The quantitative estimate of drug-likeness (QED) is 0.369. The Morgan fingerprint density at radius 3 is 2.60 bits per heavy atom. The Morgan fingerprint density at radius 1 is 1.10 bits per heavy atom. The predicted octanol–water partition coefficient (Wildman–Crippen LogP) is 4.31. The molecule has 0 spiro atoms. The lowest BCUT2D eigenvalue weighted by molar-refractivity contribution is -0.115. The predicted molar refractivity (Wildman–Crippen MR) is 115 cm³/mol. The number of furan rings is 1. The molecule has 3 aromatic rings. The van der Waals surface area contributed by atoms with E-state index in [1.165, 1.54) is 0 Å². The molecule has 0 atom stereocenters. The fourth-order valence-electron chi connectivity index (χ4n) is 2.75. The van der Waals surface area contributed by atoms with E-state index >= 15 is 0 Å². The summed E-state index contributed by atoms with van der Waals surface area (Å²) >= 11 is 4.54. The van der Waals surface area contributed by atoms with Crippen LogP contribution in [0.5, 0.6) is 0 Å². The molecule has 156 valence electrons. The van der Waals surface area contributed by atoms with Gasteiger partial charge in [0, 0.05) is 14.8 Å². The van der Waals surface area contributed by atoms with Gasteiger partial charge in [0.05, 0.1) is 23.5 Å². The number of primary amides is 1. The maximum atomic E-state index is 12.7. The standard InChI is InChI=1S/C21H18BrNO6S/c1-2-27-21(26)19-15(14-9-12(22)7-8-16(14)29-19)10-28-20(25)13-5-3-4-6-17(13)30-11-18(23)24/h3-9H,2,10-11H2,1H3,(H2,23,24). The van der Waals surface area contributed by atoms with Gasteiger partial charge in [-0.2, -0.15) is 0 Å². The number of hydrogen-bond acceptors (Lipinski definition) is 7. The number of nitrogens with two attached hydrogens (primary N) is 1. The highest BCUT2D eigenvalue weighted by Crippen LogP contribution is 2.31. The van der Waals surface area contributed by atoms with Crippen LogP contribution in [0.1, 0.15) is 33.4 Å². The van der Waals surface area contributed by atoms with Gasteiger partial charge < -0.3 is 19.6 Å². The molecule has 0 fully saturated rings.